The van der Waals surface area contributed by atoms with E-state index in [0.717, 1.165) is 18.1 Å². The highest BCUT2D eigenvalue weighted by Gasteiger charge is 2.22. The normalized spacial score (nSPS) is 19.7. The number of rotatable bonds is 14. The third-order valence-electron chi connectivity index (χ3n) is 6.49. The maximum Gasteiger partial charge on any atom is 0.138 e. The summed E-state index contributed by atoms with van der Waals surface area (Å²) in [5.74, 6) is 1.92. The summed E-state index contributed by atoms with van der Waals surface area (Å²) in [6.45, 7) is 6.75. The Morgan fingerprint density at radius 3 is 2.14 bits per heavy atom. The van der Waals surface area contributed by atoms with Crippen molar-refractivity contribution in [2.45, 2.75) is 130 Å². The van der Waals surface area contributed by atoms with Crippen LogP contribution in [-0.2, 0) is 6.42 Å². The summed E-state index contributed by atoms with van der Waals surface area (Å²) in [5.41, 5.74) is 2.56. The largest absolute Gasteiger partial charge is 0.489 e. The molecule has 1 aromatic rings. The van der Waals surface area contributed by atoms with Crippen LogP contribution < -0.4 is 4.74 Å². The summed E-state index contributed by atoms with van der Waals surface area (Å²) in [5, 5.41) is 0. The predicted octanol–water partition coefficient (Wildman–Crippen LogP) is 8.20. The van der Waals surface area contributed by atoms with Crippen LogP contribution >= 0.6 is 0 Å². The zero-order valence-corrected chi connectivity index (χ0v) is 19.0. The number of unbranched alkanes of at least 4 members (excludes halogenated alkanes) is 8. The number of aromatic nitrogens is 1. The van der Waals surface area contributed by atoms with Gasteiger partial charge in [0.15, 0.2) is 0 Å². The van der Waals surface area contributed by atoms with Crippen LogP contribution in [0, 0.1) is 12.8 Å². The molecule has 2 rings (SSSR count). The summed E-state index contributed by atoms with van der Waals surface area (Å²) >= 11 is 0. The minimum Gasteiger partial charge on any atom is -0.489 e. The molecule has 0 spiro atoms. The molecule has 160 valence electrons. The lowest BCUT2D eigenvalue weighted by Gasteiger charge is -2.29. The van der Waals surface area contributed by atoms with Gasteiger partial charge in [0.25, 0.3) is 0 Å². The van der Waals surface area contributed by atoms with E-state index in [0.29, 0.717) is 6.10 Å². The van der Waals surface area contributed by atoms with Crippen molar-refractivity contribution in [3.05, 3.63) is 23.5 Å². The molecule has 1 aliphatic carbocycles. The summed E-state index contributed by atoms with van der Waals surface area (Å²) in [6.07, 6.45) is 23.7. The average molecular weight is 388 g/mol. The fraction of sp³-hybridized carbons (Fsp3) is 0.808. The fourth-order valence-corrected chi connectivity index (χ4v) is 4.57. The molecule has 0 aromatic carbocycles. The number of hydrogen-bond acceptors (Lipinski definition) is 2. The van der Waals surface area contributed by atoms with Gasteiger partial charge in [-0.3, -0.25) is 4.98 Å². The Morgan fingerprint density at radius 2 is 1.50 bits per heavy atom. The molecule has 1 aromatic heterocycles. The molecule has 0 amide bonds. The molecular formula is C26H45NO. The number of pyridine rings is 1. The second kappa shape index (κ2) is 14.0. The summed E-state index contributed by atoms with van der Waals surface area (Å²) < 4.78 is 6.29. The first-order valence-electron chi connectivity index (χ1n) is 12.3. The SMILES string of the molecule is CCCCCCCc1ncc(O[C@H]2CC[C@H](CCCCCCC)CC2)cc1C. The van der Waals surface area contributed by atoms with E-state index in [2.05, 4.69) is 26.8 Å². The van der Waals surface area contributed by atoms with Crippen molar-refractivity contribution >= 4 is 0 Å². The lowest BCUT2D eigenvalue weighted by molar-refractivity contribution is 0.127. The Balaban J connectivity index is 1.65. The maximum absolute atomic E-state index is 6.29. The van der Waals surface area contributed by atoms with E-state index < -0.39 is 0 Å². The molecule has 1 saturated carbocycles. The lowest BCUT2D eigenvalue weighted by atomic mass is 9.84. The van der Waals surface area contributed by atoms with E-state index in [9.17, 15) is 0 Å². The highest BCUT2D eigenvalue weighted by molar-refractivity contribution is 5.28. The second-order valence-electron chi connectivity index (χ2n) is 9.06. The van der Waals surface area contributed by atoms with Crippen molar-refractivity contribution in [2.24, 2.45) is 5.92 Å². The fourth-order valence-electron chi connectivity index (χ4n) is 4.57. The first-order valence-corrected chi connectivity index (χ1v) is 12.3. The van der Waals surface area contributed by atoms with E-state index >= 15 is 0 Å². The molecule has 1 fully saturated rings. The van der Waals surface area contributed by atoms with Crippen LogP contribution in [0.5, 0.6) is 5.75 Å². The molecule has 0 N–H and O–H groups in total. The molecule has 1 aliphatic rings. The van der Waals surface area contributed by atoms with Gasteiger partial charge in [-0.25, -0.2) is 0 Å². The van der Waals surface area contributed by atoms with Crippen molar-refractivity contribution < 1.29 is 4.74 Å². The predicted molar refractivity (Wildman–Crippen MR) is 121 cm³/mol. The Morgan fingerprint density at radius 1 is 0.857 bits per heavy atom. The number of hydrogen-bond donors (Lipinski definition) is 0. The van der Waals surface area contributed by atoms with Crippen molar-refractivity contribution in [1.82, 2.24) is 4.98 Å². The second-order valence-corrected chi connectivity index (χ2v) is 9.06. The molecule has 0 bridgehead atoms. The van der Waals surface area contributed by atoms with E-state index in [1.54, 1.807) is 0 Å². The van der Waals surface area contributed by atoms with Crippen LogP contribution in [-0.4, -0.2) is 11.1 Å². The van der Waals surface area contributed by atoms with Crippen LogP contribution in [0.1, 0.15) is 121 Å². The van der Waals surface area contributed by atoms with Gasteiger partial charge < -0.3 is 4.74 Å². The van der Waals surface area contributed by atoms with Crippen LogP contribution in [0.3, 0.4) is 0 Å². The molecule has 0 saturated heterocycles. The Hall–Kier alpha value is -1.05. The number of aryl methyl sites for hydroxylation is 2. The molecule has 0 radical (unpaired) electrons. The van der Waals surface area contributed by atoms with Gasteiger partial charge in [-0.15, -0.1) is 0 Å². The standard InChI is InChI=1S/C26H45NO/c1-4-6-8-10-12-14-23-16-18-24(19-17-23)28-25-20-22(3)26(27-21-25)15-13-11-9-7-5-2/h20-21,23-24H,4-19H2,1-3H3/t23-,24-. The number of nitrogens with zero attached hydrogens (tertiary/aromatic N) is 1. The van der Waals surface area contributed by atoms with Gasteiger partial charge in [0.2, 0.25) is 0 Å². The molecule has 2 nitrogen and oxygen atoms in total. The van der Waals surface area contributed by atoms with Crippen molar-refractivity contribution in [3.63, 3.8) is 0 Å². The average Bonchev–Trinajstić information content (AvgIpc) is 2.70. The highest BCUT2D eigenvalue weighted by Crippen LogP contribution is 2.31. The zero-order valence-electron chi connectivity index (χ0n) is 19.0. The van der Waals surface area contributed by atoms with Gasteiger partial charge in [0.1, 0.15) is 5.75 Å². The zero-order chi connectivity index (χ0) is 20.0. The third-order valence-corrected chi connectivity index (χ3v) is 6.49. The molecule has 1 heterocycles. The number of ether oxygens (including phenoxy) is 1. The summed E-state index contributed by atoms with van der Waals surface area (Å²) in [7, 11) is 0. The molecular weight excluding hydrogens is 342 g/mol. The van der Waals surface area contributed by atoms with Gasteiger partial charge >= 0.3 is 0 Å². The van der Waals surface area contributed by atoms with Gasteiger partial charge in [0, 0.05) is 5.69 Å². The lowest BCUT2D eigenvalue weighted by Crippen LogP contribution is -2.24. The van der Waals surface area contributed by atoms with Crippen LogP contribution in [0.15, 0.2) is 12.3 Å². The molecule has 2 heteroatoms. The molecule has 0 atom stereocenters. The Labute approximate surface area is 174 Å². The minimum absolute atomic E-state index is 0.400. The smallest absolute Gasteiger partial charge is 0.138 e. The molecule has 0 unspecified atom stereocenters. The van der Waals surface area contributed by atoms with E-state index in [1.807, 2.05) is 6.20 Å². The van der Waals surface area contributed by atoms with Crippen LogP contribution in [0.2, 0.25) is 0 Å². The summed E-state index contributed by atoms with van der Waals surface area (Å²) in [4.78, 5) is 4.72. The minimum atomic E-state index is 0.400. The molecule has 0 aliphatic heterocycles. The van der Waals surface area contributed by atoms with Crippen molar-refractivity contribution in [1.29, 1.82) is 0 Å². The molecule has 28 heavy (non-hydrogen) atoms. The topological polar surface area (TPSA) is 22.1 Å². The van der Waals surface area contributed by atoms with Gasteiger partial charge in [-0.05, 0) is 63.0 Å². The van der Waals surface area contributed by atoms with Crippen LogP contribution in [0.25, 0.3) is 0 Å². The van der Waals surface area contributed by atoms with E-state index in [-0.39, 0.29) is 0 Å². The van der Waals surface area contributed by atoms with Gasteiger partial charge in [-0.2, -0.15) is 0 Å². The summed E-state index contributed by atoms with van der Waals surface area (Å²) in [6, 6.07) is 2.22. The first kappa shape index (κ1) is 23.2. The quantitative estimate of drug-likeness (QED) is 0.300. The van der Waals surface area contributed by atoms with E-state index in [4.69, 9.17) is 9.72 Å². The monoisotopic (exact) mass is 387 g/mol. The van der Waals surface area contributed by atoms with Crippen molar-refractivity contribution in [2.75, 3.05) is 0 Å². The maximum atomic E-state index is 6.29. The Bertz CT molecular complexity index is 519. The van der Waals surface area contributed by atoms with Crippen molar-refractivity contribution in [3.8, 4) is 5.75 Å². The van der Waals surface area contributed by atoms with E-state index in [1.165, 1.54) is 108 Å². The van der Waals surface area contributed by atoms with Gasteiger partial charge in [0.05, 0.1) is 12.3 Å². The third kappa shape index (κ3) is 8.97. The first-order chi connectivity index (χ1) is 13.7. The Kier molecular flexibility index (Phi) is 11.6. The van der Waals surface area contributed by atoms with Gasteiger partial charge in [-0.1, -0.05) is 78.1 Å². The highest BCUT2D eigenvalue weighted by atomic mass is 16.5. The van der Waals surface area contributed by atoms with Crippen LogP contribution in [0.4, 0.5) is 0 Å².